The van der Waals surface area contributed by atoms with Crippen molar-refractivity contribution < 1.29 is 19.4 Å². The molecule has 0 unspecified atom stereocenters. The number of carbonyl (C=O) groups excluding carboxylic acids is 2. The largest absolute Gasteiger partial charge is 0.394 e. The van der Waals surface area contributed by atoms with Crippen molar-refractivity contribution in [3.8, 4) is 0 Å². The number of amides is 2. The highest BCUT2D eigenvalue weighted by Gasteiger charge is 2.35. The normalized spacial score (nSPS) is 29.6. The number of hydrogen-bond donors (Lipinski definition) is 2. The van der Waals surface area contributed by atoms with Gasteiger partial charge in [-0.05, 0) is 25.7 Å². The molecule has 1 aliphatic carbocycles. The summed E-state index contributed by atoms with van der Waals surface area (Å²) < 4.78 is 5.79. The van der Waals surface area contributed by atoms with Crippen LogP contribution in [0.25, 0.3) is 0 Å². The quantitative estimate of drug-likeness (QED) is 0.764. The molecule has 3 atom stereocenters. The molecule has 21 heavy (non-hydrogen) atoms. The van der Waals surface area contributed by atoms with Crippen molar-refractivity contribution in [3.05, 3.63) is 0 Å². The first-order valence-electron chi connectivity index (χ1n) is 7.78. The van der Waals surface area contributed by atoms with E-state index in [2.05, 4.69) is 5.32 Å². The maximum absolute atomic E-state index is 12.0. The van der Waals surface area contributed by atoms with E-state index in [-0.39, 0.29) is 36.5 Å². The predicted molar refractivity (Wildman–Crippen MR) is 77.6 cm³/mol. The van der Waals surface area contributed by atoms with Crippen LogP contribution in [0, 0.1) is 5.92 Å². The van der Waals surface area contributed by atoms with Gasteiger partial charge in [-0.2, -0.15) is 0 Å². The Hall–Kier alpha value is -1.14. The van der Waals surface area contributed by atoms with E-state index in [1.807, 2.05) is 0 Å². The minimum Gasteiger partial charge on any atom is -0.394 e. The van der Waals surface area contributed by atoms with Gasteiger partial charge in [0.1, 0.15) is 6.10 Å². The van der Waals surface area contributed by atoms with Crippen molar-refractivity contribution >= 4 is 11.8 Å². The van der Waals surface area contributed by atoms with E-state index in [1.165, 1.54) is 0 Å². The molecule has 1 saturated carbocycles. The fourth-order valence-corrected chi connectivity index (χ4v) is 2.80. The average Bonchev–Trinajstić information content (AvgIpc) is 2.38. The van der Waals surface area contributed by atoms with E-state index >= 15 is 0 Å². The number of nitrogens with zero attached hydrogens (tertiary/aromatic N) is 1. The molecule has 6 nitrogen and oxygen atoms in total. The van der Waals surface area contributed by atoms with Gasteiger partial charge in [0.15, 0.2) is 0 Å². The Morgan fingerprint density at radius 2 is 1.95 bits per heavy atom. The van der Waals surface area contributed by atoms with Crippen LogP contribution in [0.4, 0.5) is 0 Å². The second kappa shape index (κ2) is 7.22. The van der Waals surface area contributed by atoms with Crippen LogP contribution in [-0.2, 0) is 14.3 Å². The number of nitrogens with one attached hydrogen (secondary N) is 1. The lowest BCUT2D eigenvalue weighted by Gasteiger charge is -2.37. The Kier molecular flexibility index (Phi) is 5.58. The number of carbonyl (C=O) groups is 2. The molecule has 2 fully saturated rings. The monoisotopic (exact) mass is 298 g/mol. The Morgan fingerprint density at radius 1 is 1.24 bits per heavy atom. The summed E-state index contributed by atoms with van der Waals surface area (Å²) in [7, 11) is 3.44. The zero-order chi connectivity index (χ0) is 15.4. The maximum Gasteiger partial charge on any atom is 0.224 e. The summed E-state index contributed by atoms with van der Waals surface area (Å²) in [6.45, 7) is -0.137. The molecule has 2 aliphatic rings. The minimum atomic E-state index is -0.414. The van der Waals surface area contributed by atoms with E-state index in [0.29, 0.717) is 6.42 Å². The van der Waals surface area contributed by atoms with Crippen LogP contribution < -0.4 is 5.32 Å². The molecule has 2 N–H and O–H groups in total. The van der Waals surface area contributed by atoms with Gasteiger partial charge in [-0.1, -0.05) is 6.42 Å². The Morgan fingerprint density at radius 3 is 2.48 bits per heavy atom. The van der Waals surface area contributed by atoms with Crippen molar-refractivity contribution in [3.63, 3.8) is 0 Å². The number of rotatable bonds is 5. The highest BCUT2D eigenvalue weighted by Crippen LogP contribution is 2.28. The Balaban J connectivity index is 1.83. The third-order valence-electron chi connectivity index (χ3n) is 4.50. The van der Waals surface area contributed by atoms with Crippen molar-refractivity contribution in [2.45, 2.75) is 56.8 Å². The zero-order valence-electron chi connectivity index (χ0n) is 12.9. The highest BCUT2D eigenvalue weighted by molar-refractivity contribution is 5.79. The number of aliphatic hydroxyl groups excluding tert-OH is 1. The van der Waals surface area contributed by atoms with Crippen molar-refractivity contribution in [2.24, 2.45) is 5.92 Å². The Bertz CT molecular complexity index is 382. The van der Waals surface area contributed by atoms with Crippen LogP contribution in [0.3, 0.4) is 0 Å². The standard InChI is InChI=1S/C15H26N2O4/c1-17(2)14(19)8-11-6-7-12(13(9-18)21-11)16-15(20)10-4-3-5-10/h10-13,18H,3-9H2,1-2H3,(H,16,20)/t11-,12+,13+/m0/s1. The molecular weight excluding hydrogens is 272 g/mol. The summed E-state index contributed by atoms with van der Waals surface area (Å²) in [5, 5.41) is 12.5. The fraction of sp³-hybridized carbons (Fsp3) is 0.867. The van der Waals surface area contributed by atoms with Crippen molar-refractivity contribution in [1.82, 2.24) is 10.2 Å². The molecule has 0 radical (unpaired) electrons. The summed E-state index contributed by atoms with van der Waals surface area (Å²) >= 11 is 0. The number of hydrogen-bond acceptors (Lipinski definition) is 4. The van der Waals surface area contributed by atoms with Gasteiger partial charge in [-0.25, -0.2) is 0 Å². The van der Waals surface area contributed by atoms with Gasteiger partial charge >= 0.3 is 0 Å². The third-order valence-corrected chi connectivity index (χ3v) is 4.50. The van der Waals surface area contributed by atoms with Crippen LogP contribution in [-0.4, -0.2) is 60.8 Å². The first-order valence-corrected chi connectivity index (χ1v) is 7.78. The second-order valence-electron chi connectivity index (χ2n) is 6.29. The predicted octanol–water partition coefficient (Wildman–Crippen LogP) is 0.290. The SMILES string of the molecule is CN(C)C(=O)C[C@@H]1CC[C@@H](NC(=O)C2CCC2)[C@@H](CO)O1. The van der Waals surface area contributed by atoms with Crippen LogP contribution >= 0.6 is 0 Å². The molecule has 2 rings (SSSR count). The molecule has 1 heterocycles. The maximum atomic E-state index is 12.0. The summed E-state index contributed by atoms with van der Waals surface area (Å²) in [5.74, 6) is 0.238. The number of aliphatic hydroxyl groups is 1. The van der Waals surface area contributed by atoms with Gasteiger partial charge in [0, 0.05) is 20.0 Å². The molecule has 2 amide bonds. The lowest BCUT2D eigenvalue weighted by Crippen LogP contribution is -2.53. The zero-order valence-corrected chi connectivity index (χ0v) is 12.9. The van der Waals surface area contributed by atoms with Gasteiger partial charge in [-0.3, -0.25) is 9.59 Å². The van der Waals surface area contributed by atoms with Crippen LogP contribution in [0.5, 0.6) is 0 Å². The summed E-state index contributed by atoms with van der Waals surface area (Å²) in [4.78, 5) is 25.3. The summed E-state index contributed by atoms with van der Waals surface area (Å²) in [5.41, 5.74) is 0. The van der Waals surface area contributed by atoms with E-state index in [0.717, 1.165) is 32.1 Å². The second-order valence-corrected chi connectivity index (χ2v) is 6.29. The fourth-order valence-electron chi connectivity index (χ4n) is 2.80. The van der Waals surface area contributed by atoms with Gasteiger partial charge in [0.25, 0.3) is 0 Å². The average molecular weight is 298 g/mol. The van der Waals surface area contributed by atoms with E-state index in [1.54, 1.807) is 19.0 Å². The third kappa shape index (κ3) is 4.17. The molecule has 6 heteroatoms. The first-order chi connectivity index (χ1) is 10.0. The topological polar surface area (TPSA) is 78.9 Å². The van der Waals surface area contributed by atoms with Crippen LogP contribution in [0.2, 0.25) is 0 Å². The van der Waals surface area contributed by atoms with Gasteiger partial charge in [0.05, 0.1) is 25.2 Å². The molecule has 0 aromatic rings. The number of ether oxygens (including phenoxy) is 1. The van der Waals surface area contributed by atoms with Crippen LogP contribution in [0.1, 0.15) is 38.5 Å². The van der Waals surface area contributed by atoms with Crippen molar-refractivity contribution in [2.75, 3.05) is 20.7 Å². The highest BCUT2D eigenvalue weighted by atomic mass is 16.5. The molecule has 0 aromatic carbocycles. The molecule has 1 saturated heterocycles. The molecular formula is C15H26N2O4. The van der Waals surface area contributed by atoms with E-state index in [4.69, 9.17) is 4.74 Å². The van der Waals surface area contributed by atoms with Gasteiger partial charge in [-0.15, -0.1) is 0 Å². The van der Waals surface area contributed by atoms with E-state index < -0.39 is 6.10 Å². The molecule has 0 bridgehead atoms. The molecule has 120 valence electrons. The Labute approximate surface area is 125 Å². The van der Waals surface area contributed by atoms with Gasteiger partial charge < -0.3 is 20.1 Å². The summed E-state index contributed by atoms with van der Waals surface area (Å²) in [6.07, 6.45) is 4.26. The van der Waals surface area contributed by atoms with E-state index in [9.17, 15) is 14.7 Å². The molecule has 1 aliphatic heterocycles. The van der Waals surface area contributed by atoms with Crippen molar-refractivity contribution in [1.29, 1.82) is 0 Å². The molecule has 0 spiro atoms. The van der Waals surface area contributed by atoms with Crippen LogP contribution in [0.15, 0.2) is 0 Å². The lowest BCUT2D eigenvalue weighted by atomic mass is 9.84. The smallest absolute Gasteiger partial charge is 0.224 e. The lowest BCUT2D eigenvalue weighted by molar-refractivity contribution is -0.142. The molecule has 0 aromatic heterocycles. The first kappa shape index (κ1) is 16.2. The minimum absolute atomic E-state index is 0.0219. The van der Waals surface area contributed by atoms with Gasteiger partial charge in [0.2, 0.25) is 11.8 Å². The summed E-state index contributed by atoms with van der Waals surface area (Å²) in [6, 6.07) is -0.145.